The average molecular weight is 983 g/mol. The van der Waals surface area contributed by atoms with Crippen LogP contribution in [0.3, 0.4) is 0 Å². The summed E-state index contributed by atoms with van der Waals surface area (Å²) in [6, 6.07) is 41.3. The predicted octanol–water partition coefficient (Wildman–Crippen LogP) is 10.7. The smallest absolute Gasteiger partial charge is 0.338 e. The largest absolute Gasteiger partial charge is 0.496 e. The molecule has 0 spiro atoms. The molecule has 6 aromatic carbocycles. The van der Waals surface area contributed by atoms with E-state index in [4.69, 9.17) is 28.4 Å². The first kappa shape index (κ1) is 53.0. The summed E-state index contributed by atoms with van der Waals surface area (Å²) in [5, 5.41) is 4.82. The fraction of sp³-hybridized carbons (Fsp3) is 0.310. The minimum Gasteiger partial charge on any atom is -0.496 e. The molecule has 0 saturated carbocycles. The van der Waals surface area contributed by atoms with E-state index in [1.165, 1.54) is 0 Å². The van der Waals surface area contributed by atoms with Crippen LogP contribution in [-0.4, -0.2) is 60.5 Å². The summed E-state index contributed by atoms with van der Waals surface area (Å²) in [7, 11) is -0.0484. The Morgan fingerprint density at radius 3 is 0.786 bits per heavy atom. The molecule has 366 valence electrons. The third-order valence-corrected chi connectivity index (χ3v) is 15.0. The molecule has 0 aliphatic rings. The Labute approximate surface area is 415 Å². The fourth-order valence-corrected chi connectivity index (χ4v) is 12.6. The number of carbonyl (C=O) groups excluding carboxylic acids is 4. The van der Waals surface area contributed by atoms with Crippen molar-refractivity contribution >= 4 is 71.5 Å². The van der Waals surface area contributed by atoms with Crippen LogP contribution in [0.4, 0.5) is 0 Å². The van der Waals surface area contributed by atoms with Gasteiger partial charge in [0.1, 0.15) is 33.9 Å². The lowest BCUT2D eigenvalue weighted by Gasteiger charge is -2.29. The van der Waals surface area contributed by atoms with Crippen molar-refractivity contribution in [2.45, 2.75) is 105 Å². The minimum absolute atomic E-state index is 0.365. The van der Waals surface area contributed by atoms with E-state index in [1.807, 2.05) is 192 Å². The van der Waals surface area contributed by atoms with Crippen LogP contribution in [0.2, 0.25) is 0 Å². The van der Waals surface area contributed by atoms with Crippen LogP contribution in [0.5, 0.6) is 11.5 Å². The molecule has 0 N–H and O–H groups in total. The summed E-state index contributed by atoms with van der Waals surface area (Å²) in [5.41, 5.74) is -0.0937. The molecule has 70 heavy (non-hydrogen) atoms. The number of hydrogen-bond donors (Lipinski definition) is 0. The molecule has 12 heteroatoms. The second kappa shape index (κ2) is 21.3. The zero-order valence-electron chi connectivity index (χ0n) is 42.7. The van der Waals surface area contributed by atoms with Crippen molar-refractivity contribution in [3.8, 4) is 22.6 Å². The summed E-state index contributed by atoms with van der Waals surface area (Å²) in [4.78, 5) is 55.0. The molecular formula is C58H64O10P2. The van der Waals surface area contributed by atoms with Crippen molar-refractivity contribution in [3.63, 3.8) is 0 Å². The highest BCUT2D eigenvalue weighted by Gasteiger charge is 2.32. The summed E-state index contributed by atoms with van der Waals surface area (Å²) in [6.45, 7) is 21.9. The van der Waals surface area contributed by atoms with Crippen LogP contribution in [-0.2, 0) is 18.9 Å². The molecule has 0 radical (unpaired) electrons. The van der Waals surface area contributed by atoms with Gasteiger partial charge in [-0.05, 0) is 191 Å². The lowest BCUT2D eigenvalue weighted by Crippen LogP contribution is -2.29. The van der Waals surface area contributed by atoms with Crippen LogP contribution in [0, 0.1) is 0 Å². The Morgan fingerprint density at radius 1 is 0.343 bits per heavy atom. The van der Waals surface area contributed by atoms with E-state index >= 15 is 0 Å². The van der Waals surface area contributed by atoms with Gasteiger partial charge in [-0.2, -0.15) is 0 Å². The van der Waals surface area contributed by atoms with Crippen LogP contribution in [0.25, 0.3) is 11.1 Å². The van der Waals surface area contributed by atoms with Gasteiger partial charge in [0.25, 0.3) is 0 Å². The van der Waals surface area contributed by atoms with E-state index in [2.05, 4.69) is 0 Å². The van der Waals surface area contributed by atoms with Gasteiger partial charge in [0.2, 0.25) is 0 Å². The summed E-state index contributed by atoms with van der Waals surface area (Å²) >= 11 is 0. The maximum Gasteiger partial charge on any atom is 0.338 e. The Kier molecular flexibility index (Phi) is 16.2. The van der Waals surface area contributed by atoms with Gasteiger partial charge >= 0.3 is 23.9 Å². The summed E-state index contributed by atoms with van der Waals surface area (Å²) in [6.07, 6.45) is 0. The molecule has 6 rings (SSSR count). The molecule has 0 amide bonds. The zero-order chi connectivity index (χ0) is 51.3. The van der Waals surface area contributed by atoms with Gasteiger partial charge in [0.15, 0.2) is 0 Å². The summed E-state index contributed by atoms with van der Waals surface area (Å²) in [5.74, 6) is -0.838. The van der Waals surface area contributed by atoms with Gasteiger partial charge in [0.05, 0.1) is 36.5 Å². The quantitative estimate of drug-likeness (QED) is 0.0628. The van der Waals surface area contributed by atoms with Crippen molar-refractivity contribution in [1.82, 2.24) is 0 Å². The van der Waals surface area contributed by atoms with Gasteiger partial charge in [0, 0.05) is 11.1 Å². The molecule has 0 aliphatic heterocycles. The number of carbonyl (C=O) groups is 4. The molecule has 0 heterocycles. The Bertz CT molecular complexity index is 2550. The second-order valence-corrected chi connectivity index (χ2v) is 25.0. The number of hydrogen-bond acceptors (Lipinski definition) is 10. The van der Waals surface area contributed by atoms with Crippen LogP contribution >= 0.6 is 15.8 Å². The lowest BCUT2D eigenvalue weighted by molar-refractivity contribution is 0.00571. The Hall–Kier alpha value is -6.34. The number of rotatable bonds is 13. The highest BCUT2D eigenvalue weighted by atomic mass is 31.1. The second-order valence-electron chi connectivity index (χ2n) is 20.6. The SMILES string of the molecule is COc1cccc(P(c2cccc(C(=O)OC(C)(C)C)c2)c2cccc(C(=O)OC(C)(C)C)c2)c1-c1c(OC)cccc1P(c1cccc(C(=O)OC(C)(C)C)c1)c1cccc(C(=O)OC(C)(C)C)c1. The van der Waals surface area contributed by atoms with Crippen LogP contribution < -0.4 is 41.3 Å². The van der Waals surface area contributed by atoms with Gasteiger partial charge in [-0.1, -0.05) is 72.8 Å². The van der Waals surface area contributed by atoms with E-state index in [0.29, 0.717) is 44.9 Å². The van der Waals surface area contributed by atoms with Gasteiger partial charge in [-0.25, -0.2) is 19.2 Å². The Morgan fingerprint density at radius 2 is 0.571 bits per heavy atom. The molecule has 10 nitrogen and oxygen atoms in total. The van der Waals surface area contributed by atoms with Gasteiger partial charge in [-0.15, -0.1) is 0 Å². The number of benzene rings is 6. The van der Waals surface area contributed by atoms with Crippen LogP contribution in [0.1, 0.15) is 125 Å². The first-order valence-corrected chi connectivity index (χ1v) is 25.7. The minimum atomic E-state index is -1.64. The maximum absolute atomic E-state index is 13.7. The number of methoxy groups -OCH3 is 2. The summed E-state index contributed by atoms with van der Waals surface area (Å²) < 4.78 is 36.1. The van der Waals surface area contributed by atoms with Crippen molar-refractivity contribution < 1.29 is 47.6 Å². The molecule has 0 atom stereocenters. The molecule has 0 bridgehead atoms. The molecule has 0 unspecified atom stereocenters. The van der Waals surface area contributed by atoms with E-state index in [0.717, 1.165) is 31.8 Å². The third-order valence-electron chi connectivity index (χ3n) is 10.1. The standard InChI is InChI=1S/C58H64O10P2/c1-55(2,3)65-51(59)37-21-15-25-41(33-37)69(42-26-16-22-38(34-42)52(60)66-56(4,5)6)47-31-19-29-45(63-13)49(47)50-46(64-14)30-20-32-48(50)70(43-27-17-23-39(35-43)53(61)67-57(7,8)9)44-28-18-24-40(36-44)54(62)68-58(10,11)12/h15-36H,1-14H3. The highest BCUT2D eigenvalue weighted by Crippen LogP contribution is 2.47. The van der Waals surface area contributed by atoms with Gasteiger partial charge < -0.3 is 28.4 Å². The van der Waals surface area contributed by atoms with E-state index < -0.39 is 62.1 Å². The third kappa shape index (κ3) is 13.5. The molecule has 0 saturated heterocycles. The normalized spacial score (nSPS) is 12.1. The molecule has 0 fully saturated rings. The van der Waals surface area contributed by atoms with Crippen molar-refractivity contribution in [3.05, 3.63) is 156 Å². The predicted molar refractivity (Wildman–Crippen MR) is 283 cm³/mol. The number of ether oxygens (including phenoxy) is 6. The molecule has 6 aromatic rings. The zero-order valence-corrected chi connectivity index (χ0v) is 44.5. The van der Waals surface area contributed by atoms with E-state index in [9.17, 15) is 19.2 Å². The van der Waals surface area contributed by atoms with Gasteiger partial charge in [-0.3, -0.25) is 0 Å². The lowest BCUT2D eigenvalue weighted by atomic mass is 10.0. The topological polar surface area (TPSA) is 124 Å². The van der Waals surface area contributed by atoms with E-state index in [-0.39, 0.29) is 0 Å². The Balaban J connectivity index is 1.71. The average Bonchev–Trinajstić information content (AvgIpc) is 3.27. The van der Waals surface area contributed by atoms with Crippen molar-refractivity contribution in [2.24, 2.45) is 0 Å². The molecule has 0 aromatic heterocycles. The highest BCUT2D eigenvalue weighted by molar-refractivity contribution is 7.80. The number of esters is 4. The molecule has 0 aliphatic carbocycles. The van der Waals surface area contributed by atoms with Crippen molar-refractivity contribution in [2.75, 3.05) is 14.2 Å². The maximum atomic E-state index is 13.7. The first-order valence-electron chi connectivity index (χ1n) is 23.0. The van der Waals surface area contributed by atoms with Crippen molar-refractivity contribution in [1.29, 1.82) is 0 Å². The fourth-order valence-electron chi connectivity index (χ4n) is 7.54. The van der Waals surface area contributed by atoms with E-state index in [1.54, 1.807) is 38.5 Å². The molecular weight excluding hydrogens is 919 g/mol. The monoisotopic (exact) mass is 982 g/mol. The first-order chi connectivity index (χ1) is 32.8. The van der Waals surface area contributed by atoms with Crippen LogP contribution in [0.15, 0.2) is 133 Å².